The number of aromatic carboxylic acids is 1. The van der Waals surface area contributed by atoms with E-state index in [2.05, 4.69) is 0 Å². The molecule has 0 aliphatic heterocycles. The second-order valence-electron chi connectivity index (χ2n) is 3.87. The molecule has 0 radical (unpaired) electrons. The highest BCUT2D eigenvalue weighted by Crippen LogP contribution is 2.17. The summed E-state index contributed by atoms with van der Waals surface area (Å²) in [6.07, 6.45) is 4.47. The molecule has 0 saturated carbocycles. The van der Waals surface area contributed by atoms with Crippen LogP contribution in [0.2, 0.25) is 0 Å². The Morgan fingerprint density at radius 1 is 1.39 bits per heavy atom. The number of rotatable bonds is 5. The first-order valence-electron chi connectivity index (χ1n) is 5.65. The molecule has 0 saturated heterocycles. The molecular formula is C14H16O3S. The van der Waals surface area contributed by atoms with Crippen molar-refractivity contribution in [3.8, 4) is 0 Å². The molecular weight excluding hydrogens is 248 g/mol. The predicted octanol–water partition coefficient (Wildman–Crippen LogP) is 3.38. The van der Waals surface area contributed by atoms with Crippen molar-refractivity contribution in [3.05, 3.63) is 41.0 Å². The van der Waals surface area contributed by atoms with E-state index in [4.69, 9.17) is 5.11 Å². The molecule has 0 heterocycles. The molecule has 0 aliphatic carbocycles. The molecule has 96 valence electrons. The number of aryl methyl sites for hydroxylation is 1. The summed E-state index contributed by atoms with van der Waals surface area (Å²) in [6.45, 7) is 3.43. The van der Waals surface area contributed by atoms with Gasteiger partial charge in [-0.1, -0.05) is 36.0 Å². The van der Waals surface area contributed by atoms with Gasteiger partial charge in [0.1, 0.15) is 0 Å². The maximum atomic E-state index is 11.1. The molecule has 4 heteroatoms. The zero-order chi connectivity index (χ0) is 13.5. The average Bonchev–Trinajstić information content (AvgIpc) is 2.29. The van der Waals surface area contributed by atoms with Gasteiger partial charge in [-0.3, -0.25) is 4.79 Å². The van der Waals surface area contributed by atoms with Gasteiger partial charge in [-0.25, -0.2) is 4.79 Å². The molecule has 1 aromatic rings. The van der Waals surface area contributed by atoms with Crippen molar-refractivity contribution in [1.29, 1.82) is 0 Å². The molecule has 1 rings (SSSR count). The molecule has 0 unspecified atom stereocenters. The Morgan fingerprint density at radius 3 is 2.72 bits per heavy atom. The van der Waals surface area contributed by atoms with Gasteiger partial charge in [0, 0.05) is 12.7 Å². The Labute approximate surface area is 111 Å². The van der Waals surface area contributed by atoms with E-state index in [-0.39, 0.29) is 5.12 Å². The second-order valence-corrected chi connectivity index (χ2v) is 5.14. The molecule has 0 aliphatic rings. The number of hydrogen-bond acceptors (Lipinski definition) is 3. The van der Waals surface area contributed by atoms with Crippen LogP contribution in [0.15, 0.2) is 24.3 Å². The summed E-state index contributed by atoms with van der Waals surface area (Å²) in [4.78, 5) is 21.8. The van der Waals surface area contributed by atoms with Crippen molar-refractivity contribution in [3.63, 3.8) is 0 Å². The van der Waals surface area contributed by atoms with Gasteiger partial charge in [0.25, 0.3) is 0 Å². The van der Waals surface area contributed by atoms with E-state index in [0.717, 1.165) is 23.3 Å². The van der Waals surface area contributed by atoms with Crippen LogP contribution in [-0.4, -0.2) is 21.9 Å². The molecule has 0 spiro atoms. The minimum Gasteiger partial charge on any atom is -0.478 e. The highest BCUT2D eigenvalue weighted by atomic mass is 32.2. The van der Waals surface area contributed by atoms with Crippen molar-refractivity contribution in [1.82, 2.24) is 0 Å². The van der Waals surface area contributed by atoms with E-state index in [1.807, 2.05) is 25.1 Å². The van der Waals surface area contributed by atoms with Crippen LogP contribution in [0.1, 0.15) is 34.8 Å². The van der Waals surface area contributed by atoms with Gasteiger partial charge in [-0.2, -0.15) is 0 Å². The Bertz CT molecular complexity index is 478. The van der Waals surface area contributed by atoms with Crippen LogP contribution >= 0.6 is 11.8 Å². The lowest BCUT2D eigenvalue weighted by Gasteiger charge is -2.04. The Morgan fingerprint density at radius 2 is 2.11 bits per heavy atom. The third kappa shape index (κ3) is 4.37. The third-order valence-electron chi connectivity index (χ3n) is 2.43. The van der Waals surface area contributed by atoms with Crippen LogP contribution in [0.4, 0.5) is 0 Å². The van der Waals surface area contributed by atoms with Crippen LogP contribution < -0.4 is 0 Å². The number of carboxylic acid groups (broad SMARTS) is 1. The minimum absolute atomic E-state index is 0.102. The lowest BCUT2D eigenvalue weighted by Crippen LogP contribution is -2.00. The smallest absolute Gasteiger partial charge is 0.336 e. The molecule has 0 fully saturated rings. The molecule has 0 amide bonds. The fourth-order valence-electron chi connectivity index (χ4n) is 1.56. The SMILES string of the molecule is CC(=O)SCCC=Cc1c(C)cccc1C(=O)O. The van der Waals surface area contributed by atoms with Gasteiger partial charge in [-0.05, 0) is 30.5 Å². The van der Waals surface area contributed by atoms with E-state index < -0.39 is 5.97 Å². The quantitative estimate of drug-likeness (QED) is 0.828. The van der Waals surface area contributed by atoms with E-state index in [0.29, 0.717) is 5.56 Å². The van der Waals surface area contributed by atoms with Gasteiger partial charge in [-0.15, -0.1) is 0 Å². The topological polar surface area (TPSA) is 54.4 Å². The maximum Gasteiger partial charge on any atom is 0.336 e. The lowest BCUT2D eigenvalue weighted by molar-refractivity contribution is -0.109. The van der Waals surface area contributed by atoms with Crippen LogP contribution in [0.5, 0.6) is 0 Å². The van der Waals surface area contributed by atoms with E-state index in [9.17, 15) is 9.59 Å². The number of hydrogen-bond donors (Lipinski definition) is 1. The molecule has 0 bridgehead atoms. The largest absolute Gasteiger partial charge is 0.478 e. The number of carbonyl (C=O) groups is 2. The molecule has 0 atom stereocenters. The molecule has 18 heavy (non-hydrogen) atoms. The number of benzene rings is 1. The van der Waals surface area contributed by atoms with Gasteiger partial charge >= 0.3 is 5.97 Å². The van der Waals surface area contributed by atoms with Gasteiger partial charge in [0.05, 0.1) is 5.56 Å². The van der Waals surface area contributed by atoms with E-state index in [1.54, 1.807) is 12.1 Å². The van der Waals surface area contributed by atoms with Crippen molar-refractivity contribution >= 4 is 28.9 Å². The first kappa shape index (κ1) is 14.5. The highest BCUT2D eigenvalue weighted by molar-refractivity contribution is 8.13. The van der Waals surface area contributed by atoms with Crippen molar-refractivity contribution in [2.45, 2.75) is 20.3 Å². The maximum absolute atomic E-state index is 11.1. The number of thioether (sulfide) groups is 1. The first-order valence-corrected chi connectivity index (χ1v) is 6.63. The third-order valence-corrected chi connectivity index (χ3v) is 3.28. The fourth-order valence-corrected chi connectivity index (χ4v) is 2.10. The van der Waals surface area contributed by atoms with E-state index in [1.165, 1.54) is 18.7 Å². The summed E-state index contributed by atoms with van der Waals surface area (Å²) in [5, 5.41) is 9.19. The van der Waals surface area contributed by atoms with Crippen LogP contribution in [-0.2, 0) is 4.79 Å². The second kappa shape index (κ2) is 7.01. The number of carboxylic acids is 1. The van der Waals surface area contributed by atoms with Gasteiger partial charge in [0.2, 0.25) is 0 Å². The minimum atomic E-state index is -0.920. The summed E-state index contributed by atoms with van der Waals surface area (Å²) in [5.74, 6) is -0.198. The Balaban J connectivity index is 2.74. The normalized spacial score (nSPS) is 10.8. The first-order chi connectivity index (χ1) is 8.52. The molecule has 0 aromatic heterocycles. The zero-order valence-corrected chi connectivity index (χ0v) is 11.3. The number of allylic oxidation sites excluding steroid dienone is 1. The van der Waals surface area contributed by atoms with Crippen LogP contribution in [0.25, 0.3) is 6.08 Å². The molecule has 1 N–H and O–H groups in total. The summed E-state index contributed by atoms with van der Waals surface area (Å²) in [7, 11) is 0. The highest BCUT2D eigenvalue weighted by Gasteiger charge is 2.08. The Kier molecular flexibility index (Phi) is 5.65. The fraction of sp³-hybridized carbons (Fsp3) is 0.286. The lowest BCUT2D eigenvalue weighted by atomic mass is 10.0. The van der Waals surface area contributed by atoms with Crippen molar-refractivity contribution in [2.75, 3.05) is 5.75 Å². The van der Waals surface area contributed by atoms with Gasteiger partial charge < -0.3 is 5.11 Å². The molecule has 1 aromatic carbocycles. The predicted molar refractivity (Wildman–Crippen MR) is 74.9 cm³/mol. The average molecular weight is 264 g/mol. The number of carbonyl (C=O) groups excluding carboxylic acids is 1. The Hall–Kier alpha value is -1.55. The summed E-state index contributed by atoms with van der Waals surface area (Å²) >= 11 is 1.27. The van der Waals surface area contributed by atoms with Crippen molar-refractivity contribution in [2.24, 2.45) is 0 Å². The summed E-state index contributed by atoms with van der Waals surface area (Å²) in [5.41, 5.74) is 1.98. The summed E-state index contributed by atoms with van der Waals surface area (Å²) in [6, 6.07) is 5.22. The van der Waals surface area contributed by atoms with Crippen LogP contribution in [0, 0.1) is 6.92 Å². The van der Waals surface area contributed by atoms with Gasteiger partial charge in [0.15, 0.2) is 5.12 Å². The monoisotopic (exact) mass is 264 g/mol. The zero-order valence-electron chi connectivity index (χ0n) is 10.5. The van der Waals surface area contributed by atoms with Crippen molar-refractivity contribution < 1.29 is 14.7 Å². The summed E-state index contributed by atoms with van der Waals surface area (Å²) < 4.78 is 0. The molecule has 3 nitrogen and oxygen atoms in total. The van der Waals surface area contributed by atoms with Crippen LogP contribution in [0.3, 0.4) is 0 Å². The van der Waals surface area contributed by atoms with E-state index >= 15 is 0 Å². The standard InChI is InChI=1S/C14H16O3S/c1-10-6-5-8-13(14(16)17)12(10)7-3-4-9-18-11(2)15/h3,5-8H,4,9H2,1-2H3,(H,16,17).